The zero-order valence-corrected chi connectivity index (χ0v) is 19.7. The van der Waals surface area contributed by atoms with Crippen LogP contribution in [0.25, 0.3) is 17.0 Å². The van der Waals surface area contributed by atoms with Gasteiger partial charge in [-0.25, -0.2) is 4.98 Å². The number of carbonyl (C=O) groups excluding carboxylic acids is 1. The Labute approximate surface area is 195 Å². The molecule has 1 saturated heterocycles. The first kappa shape index (κ1) is 22.6. The zero-order valence-electron chi connectivity index (χ0n) is 19.7. The van der Waals surface area contributed by atoms with E-state index in [-0.39, 0.29) is 5.91 Å². The van der Waals surface area contributed by atoms with E-state index >= 15 is 0 Å². The molecule has 1 aliphatic heterocycles. The molecule has 0 aliphatic carbocycles. The molecular formula is C27H31N3O3. The molecule has 0 saturated carbocycles. The lowest BCUT2D eigenvalue weighted by Crippen LogP contribution is -2.33. The van der Waals surface area contributed by atoms with Gasteiger partial charge in [0.25, 0.3) is 0 Å². The molecule has 1 fully saturated rings. The molecule has 0 atom stereocenters. The van der Waals surface area contributed by atoms with E-state index in [9.17, 15) is 4.79 Å². The molecule has 0 unspecified atom stereocenters. The van der Waals surface area contributed by atoms with Gasteiger partial charge < -0.3 is 19.7 Å². The van der Waals surface area contributed by atoms with Crippen LogP contribution in [-0.4, -0.2) is 38.2 Å². The number of benzene rings is 2. The normalized spacial score (nSPS) is 14.6. The third kappa shape index (κ3) is 5.28. The summed E-state index contributed by atoms with van der Waals surface area (Å²) < 4.78 is 10.6. The van der Waals surface area contributed by atoms with E-state index in [0.29, 0.717) is 11.5 Å². The second-order valence-corrected chi connectivity index (χ2v) is 8.64. The van der Waals surface area contributed by atoms with E-state index in [1.807, 2.05) is 36.4 Å². The molecular weight excluding hydrogens is 414 g/mol. The fourth-order valence-corrected chi connectivity index (χ4v) is 4.17. The van der Waals surface area contributed by atoms with Crippen LogP contribution in [0.2, 0.25) is 0 Å². The van der Waals surface area contributed by atoms with E-state index in [1.165, 1.54) is 18.9 Å². The molecule has 172 valence electrons. The Balaban J connectivity index is 1.47. The van der Waals surface area contributed by atoms with Crippen LogP contribution < -0.4 is 19.7 Å². The number of piperidine rings is 1. The van der Waals surface area contributed by atoms with Crippen molar-refractivity contribution in [3.8, 4) is 11.5 Å². The highest BCUT2D eigenvalue weighted by molar-refractivity contribution is 6.03. The van der Waals surface area contributed by atoms with Crippen molar-refractivity contribution in [1.82, 2.24) is 4.98 Å². The lowest BCUT2D eigenvalue weighted by Gasteiger charge is -2.31. The first-order chi connectivity index (χ1) is 16.0. The highest BCUT2D eigenvalue weighted by Gasteiger charge is 2.18. The summed E-state index contributed by atoms with van der Waals surface area (Å²) in [4.78, 5) is 19.8. The third-order valence-electron chi connectivity index (χ3n) is 6.21. The van der Waals surface area contributed by atoms with Crippen molar-refractivity contribution in [2.45, 2.75) is 26.7 Å². The van der Waals surface area contributed by atoms with E-state index < -0.39 is 0 Å². The lowest BCUT2D eigenvalue weighted by atomic mass is 9.99. The van der Waals surface area contributed by atoms with Crippen molar-refractivity contribution < 1.29 is 14.3 Å². The number of ether oxygens (including phenoxy) is 2. The van der Waals surface area contributed by atoms with Gasteiger partial charge >= 0.3 is 0 Å². The van der Waals surface area contributed by atoms with Gasteiger partial charge in [0.15, 0.2) is 11.5 Å². The van der Waals surface area contributed by atoms with Gasteiger partial charge in [-0.15, -0.1) is 0 Å². The number of nitrogens with zero attached hydrogens (tertiary/aromatic N) is 2. The van der Waals surface area contributed by atoms with Crippen LogP contribution in [0, 0.1) is 12.8 Å². The van der Waals surface area contributed by atoms with Crippen molar-refractivity contribution in [3.63, 3.8) is 0 Å². The number of rotatable bonds is 6. The van der Waals surface area contributed by atoms with Crippen LogP contribution in [0.3, 0.4) is 0 Å². The molecule has 1 aromatic heterocycles. The van der Waals surface area contributed by atoms with Crippen LogP contribution >= 0.6 is 0 Å². The molecule has 1 N–H and O–H groups in total. The molecule has 3 aromatic rings. The summed E-state index contributed by atoms with van der Waals surface area (Å²) in [5, 5.41) is 3.99. The van der Waals surface area contributed by atoms with Crippen LogP contribution in [0.5, 0.6) is 11.5 Å². The van der Waals surface area contributed by atoms with Gasteiger partial charge in [0.1, 0.15) is 5.82 Å². The molecule has 0 spiro atoms. The summed E-state index contributed by atoms with van der Waals surface area (Å²) in [5.74, 6) is 2.90. The number of carbonyl (C=O) groups is 1. The maximum Gasteiger partial charge on any atom is 0.248 e. The number of pyridine rings is 1. The largest absolute Gasteiger partial charge is 0.493 e. The van der Waals surface area contributed by atoms with Crippen molar-refractivity contribution >= 4 is 34.4 Å². The maximum absolute atomic E-state index is 12.5. The first-order valence-corrected chi connectivity index (χ1v) is 11.3. The summed E-state index contributed by atoms with van der Waals surface area (Å²) >= 11 is 0. The van der Waals surface area contributed by atoms with Gasteiger partial charge in [0.2, 0.25) is 5.91 Å². The number of aryl methyl sites for hydroxylation is 1. The highest BCUT2D eigenvalue weighted by atomic mass is 16.5. The quantitative estimate of drug-likeness (QED) is 0.511. The zero-order chi connectivity index (χ0) is 23.4. The number of hydrogen-bond donors (Lipinski definition) is 1. The Kier molecular flexibility index (Phi) is 6.82. The van der Waals surface area contributed by atoms with Gasteiger partial charge in [-0.05, 0) is 79.3 Å². The van der Waals surface area contributed by atoms with E-state index in [1.54, 1.807) is 20.3 Å². The smallest absolute Gasteiger partial charge is 0.248 e. The summed E-state index contributed by atoms with van der Waals surface area (Å²) in [7, 11) is 3.18. The van der Waals surface area contributed by atoms with Gasteiger partial charge in [0, 0.05) is 30.2 Å². The summed E-state index contributed by atoms with van der Waals surface area (Å²) in [6.45, 7) is 6.53. The molecule has 2 aromatic carbocycles. The maximum atomic E-state index is 12.5. The standard InChI is InChI=1S/C27H31N3O3/c1-18-11-13-30(14-12-18)26-15-19(2)22-17-21(7-8-23(22)29-26)28-27(31)10-6-20-5-9-24(32-3)25(16-20)33-4/h5-10,15-18H,11-14H2,1-4H3,(H,28,31)/b10-6+. The molecule has 0 bridgehead atoms. The Hall–Kier alpha value is -3.54. The molecule has 6 heteroatoms. The predicted octanol–water partition coefficient (Wildman–Crippen LogP) is 5.45. The van der Waals surface area contributed by atoms with Crippen molar-refractivity contribution in [3.05, 3.63) is 59.7 Å². The molecule has 1 amide bonds. The topological polar surface area (TPSA) is 63.7 Å². The fraction of sp³-hybridized carbons (Fsp3) is 0.333. The average Bonchev–Trinajstić information content (AvgIpc) is 2.83. The van der Waals surface area contributed by atoms with Crippen molar-refractivity contribution in [1.29, 1.82) is 0 Å². The summed E-state index contributed by atoms with van der Waals surface area (Å²) in [6, 6.07) is 13.5. The van der Waals surface area contributed by atoms with Gasteiger partial charge in [-0.2, -0.15) is 0 Å². The molecule has 4 rings (SSSR count). The Bertz CT molecular complexity index is 1180. The number of hydrogen-bond acceptors (Lipinski definition) is 5. The van der Waals surface area contributed by atoms with Gasteiger partial charge in [0.05, 0.1) is 19.7 Å². The van der Waals surface area contributed by atoms with Crippen LogP contribution in [0.1, 0.15) is 30.9 Å². The minimum absolute atomic E-state index is 0.200. The van der Waals surface area contributed by atoms with Crippen LogP contribution in [-0.2, 0) is 4.79 Å². The van der Waals surface area contributed by atoms with Crippen LogP contribution in [0.4, 0.5) is 11.5 Å². The van der Waals surface area contributed by atoms with Crippen LogP contribution in [0.15, 0.2) is 48.5 Å². The minimum Gasteiger partial charge on any atom is -0.493 e. The first-order valence-electron chi connectivity index (χ1n) is 11.3. The molecule has 2 heterocycles. The predicted molar refractivity (Wildman–Crippen MR) is 134 cm³/mol. The van der Waals surface area contributed by atoms with E-state index in [0.717, 1.165) is 52.5 Å². The van der Waals surface area contributed by atoms with Gasteiger partial charge in [-0.3, -0.25) is 4.79 Å². The number of aromatic nitrogens is 1. The Morgan fingerprint density at radius 3 is 2.55 bits per heavy atom. The highest BCUT2D eigenvalue weighted by Crippen LogP contribution is 2.29. The summed E-state index contributed by atoms with van der Waals surface area (Å²) in [5.41, 5.74) is 3.70. The second kappa shape index (κ2) is 9.94. The number of amides is 1. The lowest BCUT2D eigenvalue weighted by molar-refractivity contribution is -0.111. The van der Waals surface area contributed by atoms with Crippen molar-refractivity contribution in [2.24, 2.45) is 5.92 Å². The molecule has 0 radical (unpaired) electrons. The third-order valence-corrected chi connectivity index (χ3v) is 6.21. The minimum atomic E-state index is -0.200. The Morgan fingerprint density at radius 1 is 1.06 bits per heavy atom. The van der Waals surface area contributed by atoms with E-state index in [4.69, 9.17) is 14.5 Å². The monoisotopic (exact) mass is 445 g/mol. The molecule has 1 aliphatic rings. The number of anilines is 2. The summed E-state index contributed by atoms with van der Waals surface area (Å²) in [6.07, 6.45) is 5.68. The number of methoxy groups -OCH3 is 2. The average molecular weight is 446 g/mol. The SMILES string of the molecule is COc1ccc(/C=C/C(=O)Nc2ccc3nc(N4CCC(C)CC4)cc(C)c3c2)cc1OC. The number of fused-ring (bicyclic) bond motifs is 1. The molecule has 6 nitrogen and oxygen atoms in total. The number of nitrogens with one attached hydrogen (secondary N) is 1. The fourth-order valence-electron chi connectivity index (χ4n) is 4.17. The second-order valence-electron chi connectivity index (χ2n) is 8.64. The molecule has 33 heavy (non-hydrogen) atoms. The van der Waals surface area contributed by atoms with Crippen molar-refractivity contribution in [2.75, 3.05) is 37.5 Å². The Morgan fingerprint density at radius 2 is 1.82 bits per heavy atom. The van der Waals surface area contributed by atoms with Gasteiger partial charge in [-0.1, -0.05) is 13.0 Å². The van der Waals surface area contributed by atoms with E-state index in [2.05, 4.69) is 30.1 Å².